The van der Waals surface area contributed by atoms with Crippen molar-refractivity contribution in [3.05, 3.63) is 92.7 Å². The molecule has 0 radical (unpaired) electrons. The molecule has 1 unspecified atom stereocenters. The van der Waals surface area contributed by atoms with Crippen molar-refractivity contribution in [1.82, 2.24) is 24.3 Å². The SMILES string of the molecule is COc1ccc(C2=NN(C(=O)Cn3c(-n4nc(C)cc4C)nc(C)c(C)c3=O)C(c3ccc(OC)c(OC)c3)C2)cc1. The van der Waals surface area contributed by atoms with Gasteiger partial charge in [-0.2, -0.15) is 10.2 Å². The number of nitrogens with zero attached hydrogens (tertiary/aromatic N) is 6. The molecule has 1 aliphatic rings. The minimum absolute atomic E-state index is 0.274. The molecule has 11 nitrogen and oxygen atoms in total. The lowest BCUT2D eigenvalue weighted by atomic mass is 9.98. The van der Waals surface area contributed by atoms with Crippen molar-refractivity contribution >= 4 is 11.6 Å². The number of aromatic nitrogens is 4. The van der Waals surface area contributed by atoms with Gasteiger partial charge in [-0.3, -0.25) is 14.2 Å². The first-order valence-corrected chi connectivity index (χ1v) is 13.5. The van der Waals surface area contributed by atoms with Crippen LogP contribution in [0.15, 0.2) is 58.4 Å². The minimum Gasteiger partial charge on any atom is -0.497 e. The number of benzene rings is 2. The van der Waals surface area contributed by atoms with Crippen molar-refractivity contribution in [2.45, 2.75) is 46.7 Å². The molecule has 0 saturated carbocycles. The van der Waals surface area contributed by atoms with Gasteiger partial charge in [-0.25, -0.2) is 14.7 Å². The highest BCUT2D eigenvalue weighted by molar-refractivity contribution is 6.03. The van der Waals surface area contributed by atoms with E-state index in [4.69, 9.17) is 19.3 Å². The molecule has 1 amide bonds. The lowest BCUT2D eigenvalue weighted by Gasteiger charge is -2.24. The van der Waals surface area contributed by atoms with Gasteiger partial charge in [0.1, 0.15) is 12.3 Å². The summed E-state index contributed by atoms with van der Waals surface area (Å²) in [6.07, 6.45) is 0.456. The molecule has 11 heteroatoms. The zero-order valence-corrected chi connectivity index (χ0v) is 24.8. The van der Waals surface area contributed by atoms with Gasteiger partial charge >= 0.3 is 0 Å². The average molecular weight is 571 g/mol. The highest BCUT2D eigenvalue weighted by Crippen LogP contribution is 2.37. The van der Waals surface area contributed by atoms with Crippen LogP contribution in [-0.2, 0) is 11.3 Å². The van der Waals surface area contributed by atoms with Crippen molar-refractivity contribution < 1.29 is 19.0 Å². The van der Waals surface area contributed by atoms with Gasteiger partial charge in [-0.05, 0) is 81.3 Å². The van der Waals surface area contributed by atoms with Crippen LogP contribution in [0.2, 0.25) is 0 Å². The Bertz CT molecular complexity index is 1740. The van der Waals surface area contributed by atoms with Crippen LogP contribution < -0.4 is 19.8 Å². The number of hydrogen-bond donors (Lipinski definition) is 0. The highest BCUT2D eigenvalue weighted by Gasteiger charge is 2.34. The summed E-state index contributed by atoms with van der Waals surface area (Å²) in [5.74, 6) is 1.76. The number of aryl methyl sites for hydroxylation is 3. The topological polar surface area (TPSA) is 113 Å². The fourth-order valence-corrected chi connectivity index (χ4v) is 5.10. The van der Waals surface area contributed by atoms with E-state index in [1.165, 1.54) is 9.58 Å². The molecule has 0 aliphatic carbocycles. The normalized spacial score (nSPS) is 14.6. The van der Waals surface area contributed by atoms with Crippen LogP contribution in [0.4, 0.5) is 0 Å². The second-order valence-electron chi connectivity index (χ2n) is 10.2. The number of ether oxygens (including phenoxy) is 3. The smallest absolute Gasteiger partial charge is 0.263 e. The van der Waals surface area contributed by atoms with E-state index in [1.807, 2.05) is 56.3 Å². The van der Waals surface area contributed by atoms with Crippen molar-refractivity contribution in [3.8, 4) is 23.2 Å². The standard InChI is InChI=1S/C31H34N6O5/c1-18-14-19(2)36(33-18)31-32-21(4)20(3)30(39)35(31)17-29(38)37-26(23-10-13-27(41-6)28(15-23)42-7)16-25(34-37)22-8-11-24(40-5)12-9-22/h8-15,26H,16-17H2,1-7H3. The summed E-state index contributed by atoms with van der Waals surface area (Å²) in [5.41, 5.74) is 4.73. The van der Waals surface area contributed by atoms with Gasteiger partial charge in [-0.1, -0.05) is 6.07 Å². The van der Waals surface area contributed by atoms with Gasteiger partial charge in [-0.15, -0.1) is 0 Å². The van der Waals surface area contributed by atoms with E-state index in [0.717, 1.165) is 34.0 Å². The monoisotopic (exact) mass is 570 g/mol. The maximum atomic E-state index is 14.1. The van der Waals surface area contributed by atoms with Gasteiger partial charge in [0.05, 0.1) is 38.8 Å². The fraction of sp³-hybridized carbons (Fsp3) is 0.323. The summed E-state index contributed by atoms with van der Waals surface area (Å²) in [7, 11) is 4.75. The number of carbonyl (C=O) groups is 1. The van der Waals surface area contributed by atoms with Crippen LogP contribution in [0.3, 0.4) is 0 Å². The molecule has 218 valence electrons. The number of hydrogen-bond acceptors (Lipinski definition) is 8. The minimum atomic E-state index is -0.443. The number of rotatable bonds is 8. The van der Waals surface area contributed by atoms with Crippen molar-refractivity contribution in [3.63, 3.8) is 0 Å². The molecule has 1 atom stereocenters. The van der Waals surface area contributed by atoms with Gasteiger partial charge in [0.2, 0.25) is 5.95 Å². The molecule has 1 aliphatic heterocycles. The third-order valence-electron chi connectivity index (χ3n) is 7.49. The Morgan fingerprint density at radius 3 is 2.26 bits per heavy atom. The first-order valence-electron chi connectivity index (χ1n) is 13.5. The van der Waals surface area contributed by atoms with Gasteiger partial charge < -0.3 is 14.2 Å². The summed E-state index contributed by atoms with van der Waals surface area (Å²) in [6, 6.07) is 14.5. The van der Waals surface area contributed by atoms with E-state index in [-0.39, 0.29) is 24.0 Å². The van der Waals surface area contributed by atoms with Gasteiger partial charge in [0.25, 0.3) is 11.5 Å². The quantitative estimate of drug-likeness (QED) is 0.314. The molecule has 2 aromatic heterocycles. The summed E-state index contributed by atoms with van der Waals surface area (Å²) in [5, 5.41) is 10.8. The highest BCUT2D eigenvalue weighted by atomic mass is 16.5. The van der Waals surface area contributed by atoms with E-state index in [2.05, 4.69) is 10.1 Å². The molecule has 0 saturated heterocycles. The van der Waals surface area contributed by atoms with Crippen LogP contribution in [0.1, 0.15) is 46.2 Å². The molecule has 0 N–H and O–H groups in total. The maximum Gasteiger partial charge on any atom is 0.263 e. The molecule has 3 heterocycles. The molecule has 2 aromatic carbocycles. The predicted molar refractivity (Wildman–Crippen MR) is 158 cm³/mol. The Balaban J connectivity index is 1.58. The van der Waals surface area contributed by atoms with Gasteiger partial charge in [0.15, 0.2) is 11.5 Å². The summed E-state index contributed by atoms with van der Waals surface area (Å²) >= 11 is 0. The van der Waals surface area contributed by atoms with Crippen LogP contribution in [0.5, 0.6) is 17.2 Å². The van der Waals surface area contributed by atoms with Gasteiger partial charge in [0, 0.05) is 23.4 Å². The second kappa shape index (κ2) is 11.5. The summed E-state index contributed by atoms with van der Waals surface area (Å²) in [6.45, 7) is 6.96. The zero-order valence-electron chi connectivity index (χ0n) is 24.8. The molecular weight excluding hydrogens is 536 g/mol. The Morgan fingerprint density at radius 1 is 0.929 bits per heavy atom. The van der Waals surface area contributed by atoms with Crippen molar-refractivity contribution in [2.75, 3.05) is 21.3 Å². The van der Waals surface area contributed by atoms with E-state index >= 15 is 0 Å². The Morgan fingerprint density at radius 2 is 1.64 bits per heavy atom. The average Bonchev–Trinajstić information content (AvgIpc) is 3.59. The van der Waals surface area contributed by atoms with Crippen molar-refractivity contribution in [2.24, 2.45) is 5.10 Å². The predicted octanol–water partition coefficient (Wildman–Crippen LogP) is 4.07. The molecule has 42 heavy (non-hydrogen) atoms. The molecule has 4 aromatic rings. The Labute approximate surface area is 244 Å². The van der Waals surface area contributed by atoms with Crippen LogP contribution >= 0.6 is 0 Å². The first-order chi connectivity index (χ1) is 20.1. The Kier molecular flexibility index (Phi) is 7.84. The molecular formula is C31H34N6O5. The molecule has 0 spiro atoms. The van der Waals surface area contributed by atoms with Crippen LogP contribution in [-0.4, -0.2) is 57.3 Å². The fourth-order valence-electron chi connectivity index (χ4n) is 5.10. The van der Waals surface area contributed by atoms with E-state index in [9.17, 15) is 9.59 Å². The lowest BCUT2D eigenvalue weighted by molar-refractivity contribution is -0.133. The second-order valence-corrected chi connectivity index (χ2v) is 10.2. The maximum absolute atomic E-state index is 14.1. The van der Waals surface area contributed by atoms with E-state index in [1.54, 1.807) is 45.9 Å². The first kappa shape index (κ1) is 28.6. The summed E-state index contributed by atoms with van der Waals surface area (Å²) < 4.78 is 19.2. The molecule has 0 fully saturated rings. The number of amides is 1. The third kappa shape index (κ3) is 5.25. The number of hydrazone groups is 1. The lowest BCUT2D eigenvalue weighted by Crippen LogP contribution is -2.37. The van der Waals surface area contributed by atoms with Crippen LogP contribution in [0, 0.1) is 27.7 Å². The number of methoxy groups -OCH3 is 3. The number of carbonyl (C=O) groups excluding carboxylic acids is 1. The summed E-state index contributed by atoms with van der Waals surface area (Å²) in [4.78, 5) is 32.3. The third-order valence-corrected chi connectivity index (χ3v) is 7.49. The van der Waals surface area contributed by atoms with E-state index in [0.29, 0.717) is 29.2 Å². The van der Waals surface area contributed by atoms with Crippen LogP contribution in [0.25, 0.3) is 5.95 Å². The molecule has 0 bridgehead atoms. The Hall–Kier alpha value is -4.93. The molecule has 5 rings (SSSR count). The van der Waals surface area contributed by atoms with E-state index < -0.39 is 6.04 Å². The largest absolute Gasteiger partial charge is 0.497 e. The van der Waals surface area contributed by atoms with Crippen molar-refractivity contribution in [1.29, 1.82) is 0 Å². The zero-order chi connectivity index (χ0) is 30.1.